The van der Waals surface area contributed by atoms with Gasteiger partial charge in [-0.05, 0) is 69.9 Å². The van der Waals surface area contributed by atoms with Gasteiger partial charge in [-0.15, -0.1) is 0 Å². The molecule has 0 amide bonds. The fourth-order valence-corrected chi connectivity index (χ4v) is 2.55. The Bertz CT molecular complexity index is 634. The predicted molar refractivity (Wildman–Crippen MR) is 77.0 cm³/mol. The molecule has 2 aromatic rings. The van der Waals surface area contributed by atoms with E-state index >= 15 is 0 Å². The first kappa shape index (κ1) is 13.6. The standard InChI is InChI=1S/C17H20O2/c1-9-7-10(2)13(5)16(12(9)4)17(18)15-8-11(3)19-14(15)6/h7-8H,1-6H3. The molecule has 0 fully saturated rings. The van der Waals surface area contributed by atoms with Gasteiger partial charge in [-0.25, -0.2) is 0 Å². The zero-order valence-electron chi connectivity index (χ0n) is 12.5. The van der Waals surface area contributed by atoms with E-state index in [4.69, 9.17) is 4.42 Å². The van der Waals surface area contributed by atoms with Crippen LogP contribution in [0.1, 0.15) is 49.7 Å². The quantitative estimate of drug-likeness (QED) is 0.747. The molecule has 0 aliphatic heterocycles. The SMILES string of the molecule is Cc1cc(C(=O)c2c(C)c(C)cc(C)c2C)c(C)o1. The highest BCUT2D eigenvalue weighted by molar-refractivity contribution is 6.11. The maximum absolute atomic E-state index is 12.8. The lowest BCUT2D eigenvalue weighted by Gasteiger charge is -2.14. The van der Waals surface area contributed by atoms with Crippen LogP contribution in [0.3, 0.4) is 0 Å². The molecule has 0 spiro atoms. The number of hydrogen-bond donors (Lipinski definition) is 0. The first-order valence-electron chi connectivity index (χ1n) is 6.52. The molecular formula is C17H20O2. The van der Waals surface area contributed by atoms with Gasteiger partial charge in [-0.1, -0.05) is 6.07 Å². The average Bonchev–Trinajstić information content (AvgIpc) is 2.66. The number of hydrogen-bond acceptors (Lipinski definition) is 2. The number of furan rings is 1. The number of benzene rings is 1. The van der Waals surface area contributed by atoms with E-state index < -0.39 is 0 Å². The molecule has 1 heterocycles. The molecule has 1 aromatic carbocycles. The monoisotopic (exact) mass is 256 g/mol. The van der Waals surface area contributed by atoms with E-state index in [1.165, 1.54) is 0 Å². The molecule has 0 aliphatic rings. The maximum atomic E-state index is 12.8. The van der Waals surface area contributed by atoms with Crippen LogP contribution in [0.2, 0.25) is 0 Å². The molecular weight excluding hydrogens is 236 g/mol. The number of ketones is 1. The summed E-state index contributed by atoms with van der Waals surface area (Å²) in [6.07, 6.45) is 0. The molecule has 2 heteroatoms. The maximum Gasteiger partial charge on any atom is 0.197 e. The summed E-state index contributed by atoms with van der Waals surface area (Å²) in [7, 11) is 0. The van der Waals surface area contributed by atoms with Crippen LogP contribution in [0, 0.1) is 41.5 Å². The Hall–Kier alpha value is -1.83. The highest BCUT2D eigenvalue weighted by Gasteiger charge is 2.21. The Balaban J connectivity index is 2.66. The van der Waals surface area contributed by atoms with E-state index in [9.17, 15) is 4.79 Å². The Kier molecular flexibility index (Phi) is 3.36. The molecule has 0 unspecified atom stereocenters. The third-order valence-corrected chi connectivity index (χ3v) is 3.88. The Morgan fingerprint density at radius 2 is 1.42 bits per heavy atom. The van der Waals surface area contributed by atoms with Crippen molar-refractivity contribution in [3.05, 3.63) is 57.0 Å². The lowest BCUT2D eigenvalue weighted by atomic mass is 9.89. The lowest BCUT2D eigenvalue weighted by molar-refractivity contribution is 0.103. The largest absolute Gasteiger partial charge is 0.466 e. The fourth-order valence-electron chi connectivity index (χ4n) is 2.55. The highest BCUT2D eigenvalue weighted by Crippen LogP contribution is 2.26. The summed E-state index contributed by atoms with van der Waals surface area (Å²) in [5, 5.41) is 0. The van der Waals surface area contributed by atoms with E-state index in [0.717, 1.165) is 33.6 Å². The Labute approximate surface area is 114 Å². The van der Waals surface area contributed by atoms with Crippen LogP contribution in [-0.2, 0) is 0 Å². The van der Waals surface area contributed by atoms with Gasteiger partial charge in [0, 0.05) is 5.56 Å². The van der Waals surface area contributed by atoms with Gasteiger partial charge < -0.3 is 4.42 Å². The summed E-state index contributed by atoms with van der Waals surface area (Å²) in [5.74, 6) is 1.54. The van der Waals surface area contributed by atoms with Crippen molar-refractivity contribution in [1.29, 1.82) is 0 Å². The Morgan fingerprint density at radius 1 is 0.895 bits per heavy atom. The minimum atomic E-state index is 0.0659. The van der Waals surface area contributed by atoms with Crippen molar-refractivity contribution in [1.82, 2.24) is 0 Å². The molecule has 0 N–H and O–H groups in total. The Morgan fingerprint density at radius 3 is 1.84 bits per heavy atom. The zero-order valence-corrected chi connectivity index (χ0v) is 12.5. The fraction of sp³-hybridized carbons (Fsp3) is 0.353. The minimum absolute atomic E-state index is 0.0659. The predicted octanol–water partition coefficient (Wildman–Crippen LogP) is 4.36. The van der Waals surface area contributed by atoms with Crippen LogP contribution in [0.5, 0.6) is 0 Å². The second-order valence-corrected chi connectivity index (χ2v) is 5.29. The van der Waals surface area contributed by atoms with Crippen molar-refractivity contribution in [2.45, 2.75) is 41.5 Å². The number of carbonyl (C=O) groups is 1. The van der Waals surface area contributed by atoms with Gasteiger partial charge in [0.2, 0.25) is 0 Å². The van der Waals surface area contributed by atoms with E-state index in [1.807, 2.05) is 47.6 Å². The lowest BCUT2D eigenvalue weighted by Crippen LogP contribution is -2.09. The average molecular weight is 256 g/mol. The summed E-state index contributed by atoms with van der Waals surface area (Å²) in [4.78, 5) is 12.8. The van der Waals surface area contributed by atoms with Gasteiger partial charge in [0.25, 0.3) is 0 Å². The molecule has 19 heavy (non-hydrogen) atoms. The van der Waals surface area contributed by atoms with Crippen molar-refractivity contribution < 1.29 is 9.21 Å². The first-order valence-corrected chi connectivity index (χ1v) is 6.52. The number of rotatable bonds is 2. The van der Waals surface area contributed by atoms with Crippen molar-refractivity contribution in [2.24, 2.45) is 0 Å². The molecule has 1 aromatic heterocycles. The van der Waals surface area contributed by atoms with E-state index in [1.54, 1.807) is 0 Å². The third-order valence-electron chi connectivity index (χ3n) is 3.88. The molecule has 0 saturated carbocycles. The molecule has 100 valence electrons. The number of aryl methyl sites for hydroxylation is 4. The van der Waals surface area contributed by atoms with Gasteiger partial charge in [0.1, 0.15) is 11.5 Å². The third kappa shape index (κ3) is 2.23. The van der Waals surface area contributed by atoms with Gasteiger partial charge >= 0.3 is 0 Å². The van der Waals surface area contributed by atoms with Gasteiger partial charge in [-0.3, -0.25) is 4.79 Å². The molecule has 2 nitrogen and oxygen atoms in total. The zero-order chi connectivity index (χ0) is 14.3. The molecule has 0 radical (unpaired) electrons. The van der Waals surface area contributed by atoms with E-state index in [-0.39, 0.29) is 5.78 Å². The van der Waals surface area contributed by atoms with Gasteiger partial charge in [-0.2, -0.15) is 0 Å². The smallest absolute Gasteiger partial charge is 0.197 e. The van der Waals surface area contributed by atoms with Crippen molar-refractivity contribution in [2.75, 3.05) is 0 Å². The van der Waals surface area contributed by atoms with Crippen LogP contribution in [0.15, 0.2) is 16.5 Å². The van der Waals surface area contributed by atoms with Crippen molar-refractivity contribution in [3.63, 3.8) is 0 Å². The van der Waals surface area contributed by atoms with Gasteiger partial charge in [0.15, 0.2) is 5.78 Å². The molecule has 0 bridgehead atoms. The van der Waals surface area contributed by atoms with Crippen LogP contribution >= 0.6 is 0 Å². The minimum Gasteiger partial charge on any atom is -0.466 e. The first-order chi connectivity index (χ1) is 8.82. The summed E-state index contributed by atoms with van der Waals surface area (Å²) in [6, 6.07) is 3.96. The summed E-state index contributed by atoms with van der Waals surface area (Å²) >= 11 is 0. The highest BCUT2D eigenvalue weighted by atomic mass is 16.3. The normalized spacial score (nSPS) is 10.8. The summed E-state index contributed by atoms with van der Waals surface area (Å²) in [5.41, 5.74) is 5.93. The van der Waals surface area contributed by atoms with Crippen LogP contribution in [0.25, 0.3) is 0 Å². The molecule has 0 aliphatic carbocycles. The molecule has 0 atom stereocenters. The van der Waals surface area contributed by atoms with Crippen molar-refractivity contribution >= 4 is 5.78 Å². The molecule has 2 rings (SSSR count). The second-order valence-electron chi connectivity index (χ2n) is 5.29. The molecule has 0 saturated heterocycles. The second kappa shape index (κ2) is 4.69. The van der Waals surface area contributed by atoms with Crippen LogP contribution in [0.4, 0.5) is 0 Å². The van der Waals surface area contributed by atoms with Gasteiger partial charge in [0.05, 0.1) is 5.56 Å². The van der Waals surface area contributed by atoms with E-state index in [0.29, 0.717) is 11.3 Å². The van der Waals surface area contributed by atoms with Crippen LogP contribution in [-0.4, -0.2) is 5.78 Å². The van der Waals surface area contributed by atoms with Crippen LogP contribution < -0.4 is 0 Å². The van der Waals surface area contributed by atoms with E-state index in [2.05, 4.69) is 6.07 Å². The summed E-state index contributed by atoms with van der Waals surface area (Å²) < 4.78 is 5.48. The topological polar surface area (TPSA) is 30.2 Å². The van der Waals surface area contributed by atoms with Crippen molar-refractivity contribution in [3.8, 4) is 0 Å². The number of carbonyl (C=O) groups excluding carboxylic acids is 1. The summed E-state index contributed by atoms with van der Waals surface area (Å²) in [6.45, 7) is 11.8.